The molecule has 11 heavy (non-hydrogen) atoms. The van der Waals surface area contributed by atoms with Gasteiger partial charge in [-0.3, -0.25) is 0 Å². The van der Waals surface area contributed by atoms with Gasteiger partial charge in [-0.05, 0) is 25.5 Å². The first-order chi connectivity index (χ1) is 5.33. The third kappa shape index (κ3) is 2.71. The lowest BCUT2D eigenvalue weighted by atomic mass is 10.2. The molecule has 1 rings (SSSR count). The molecule has 0 saturated heterocycles. The summed E-state index contributed by atoms with van der Waals surface area (Å²) in [6.07, 6.45) is 5.64. The summed E-state index contributed by atoms with van der Waals surface area (Å²) in [4.78, 5) is 0. The lowest BCUT2D eigenvalue weighted by molar-refractivity contribution is 0.489. The van der Waals surface area contributed by atoms with Crippen molar-refractivity contribution in [1.29, 1.82) is 0 Å². The van der Waals surface area contributed by atoms with Crippen LogP contribution in [0, 0.1) is 13.3 Å². The number of hydrogen-bond donors (Lipinski definition) is 0. The molecule has 60 valence electrons. The second-order valence-corrected chi connectivity index (χ2v) is 2.79. The molecule has 0 aliphatic heterocycles. The highest BCUT2D eigenvalue weighted by Gasteiger charge is 2.03. The van der Waals surface area contributed by atoms with Crippen LogP contribution in [-0.4, -0.2) is 0 Å². The highest BCUT2D eigenvalue weighted by Crippen LogP contribution is 2.09. The van der Waals surface area contributed by atoms with Crippen molar-refractivity contribution in [2.45, 2.75) is 33.1 Å². The van der Waals surface area contributed by atoms with Crippen LogP contribution in [0.3, 0.4) is 0 Å². The second-order valence-electron chi connectivity index (χ2n) is 2.79. The van der Waals surface area contributed by atoms with E-state index in [2.05, 4.69) is 13.3 Å². The van der Waals surface area contributed by atoms with Crippen LogP contribution in [0.4, 0.5) is 0 Å². The fourth-order valence-corrected chi connectivity index (χ4v) is 1.04. The van der Waals surface area contributed by atoms with Crippen molar-refractivity contribution in [3.8, 4) is 0 Å². The Kier molecular flexibility index (Phi) is 3.09. The maximum atomic E-state index is 5.40. The smallest absolute Gasteiger partial charge is 0.148 e. The first-order valence-electron chi connectivity index (χ1n) is 4.20. The predicted octanol–water partition coefficient (Wildman–Crippen LogP) is 3.13. The van der Waals surface area contributed by atoms with Crippen molar-refractivity contribution in [1.82, 2.24) is 0 Å². The molecule has 0 spiro atoms. The number of rotatable bonds is 4. The fourth-order valence-electron chi connectivity index (χ4n) is 1.04. The molecule has 0 amide bonds. The first-order valence-corrected chi connectivity index (χ1v) is 4.20. The molecule has 0 aliphatic carbocycles. The fraction of sp³-hybridized carbons (Fsp3) is 0.500. The molecule has 0 fully saturated rings. The Morgan fingerprint density at radius 3 is 2.82 bits per heavy atom. The summed E-state index contributed by atoms with van der Waals surface area (Å²) in [6.45, 7) is 4.16. The van der Waals surface area contributed by atoms with E-state index in [1.807, 2.05) is 19.1 Å². The van der Waals surface area contributed by atoms with Gasteiger partial charge in [-0.1, -0.05) is 6.92 Å². The summed E-state index contributed by atoms with van der Waals surface area (Å²) < 4.78 is 5.40. The van der Waals surface area contributed by atoms with Gasteiger partial charge in [0.2, 0.25) is 0 Å². The monoisotopic (exact) mass is 151 g/mol. The molecule has 1 nitrogen and oxygen atoms in total. The highest BCUT2D eigenvalue weighted by atomic mass is 16.3. The molecule has 1 heteroatoms. The lowest BCUT2D eigenvalue weighted by Gasteiger charge is -1.86. The maximum absolute atomic E-state index is 5.40. The van der Waals surface area contributed by atoms with Gasteiger partial charge in [0.15, 0.2) is 0 Å². The van der Waals surface area contributed by atoms with Gasteiger partial charge in [0.05, 0.1) is 12.8 Å². The van der Waals surface area contributed by atoms with E-state index < -0.39 is 0 Å². The Balaban J connectivity index is 2.27. The Hall–Kier alpha value is -0.850. The molecule has 1 heterocycles. The topological polar surface area (TPSA) is 13.1 Å². The van der Waals surface area contributed by atoms with Crippen LogP contribution in [0.1, 0.15) is 31.3 Å². The summed E-state index contributed by atoms with van der Waals surface area (Å²) in [5.74, 6) is 2.08. The number of aryl methyl sites for hydroxylation is 1. The largest absolute Gasteiger partial charge is 0.462 e. The van der Waals surface area contributed by atoms with Gasteiger partial charge in [-0.15, -0.1) is 0 Å². The van der Waals surface area contributed by atoms with E-state index in [0.717, 1.165) is 17.9 Å². The second kappa shape index (κ2) is 4.12. The molecule has 0 atom stereocenters. The van der Waals surface area contributed by atoms with E-state index in [4.69, 9.17) is 4.42 Å². The molecule has 0 saturated carbocycles. The molecule has 1 aromatic rings. The van der Waals surface area contributed by atoms with Crippen molar-refractivity contribution >= 4 is 0 Å². The van der Waals surface area contributed by atoms with Gasteiger partial charge in [0, 0.05) is 0 Å². The Labute approximate surface area is 68.4 Å². The molecule has 1 aromatic heterocycles. The zero-order valence-electron chi connectivity index (χ0n) is 7.26. The molecule has 0 unspecified atom stereocenters. The standard InChI is InChI=1S/C10H15O/c1-3-4-5-6-10-8-7-9(2)11-10/h5,7-8H,3-4,6H2,1-2H3/q+1. The van der Waals surface area contributed by atoms with Gasteiger partial charge in [0.25, 0.3) is 0 Å². The molecule has 0 aliphatic rings. The zero-order chi connectivity index (χ0) is 8.10. The van der Waals surface area contributed by atoms with Crippen molar-refractivity contribution in [2.24, 2.45) is 0 Å². The highest BCUT2D eigenvalue weighted by molar-refractivity contribution is 5.07. The minimum Gasteiger partial charge on any atom is -0.462 e. The normalized spacial score (nSPS) is 10.0. The van der Waals surface area contributed by atoms with Crippen LogP contribution >= 0.6 is 0 Å². The predicted molar refractivity (Wildman–Crippen MR) is 46.4 cm³/mol. The quantitative estimate of drug-likeness (QED) is 0.476. The van der Waals surface area contributed by atoms with E-state index in [-0.39, 0.29) is 0 Å². The third-order valence-corrected chi connectivity index (χ3v) is 1.63. The summed E-state index contributed by atoms with van der Waals surface area (Å²) >= 11 is 0. The van der Waals surface area contributed by atoms with Gasteiger partial charge in [-0.2, -0.15) is 0 Å². The van der Waals surface area contributed by atoms with Crippen molar-refractivity contribution in [3.63, 3.8) is 0 Å². The van der Waals surface area contributed by atoms with Crippen LogP contribution in [0.25, 0.3) is 0 Å². The molecular weight excluding hydrogens is 136 g/mol. The number of furan rings is 1. The van der Waals surface area contributed by atoms with Gasteiger partial charge in [0.1, 0.15) is 17.9 Å². The van der Waals surface area contributed by atoms with Gasteiger partial charge < -0.3 is 4.42 Å². The van der Waals surface area contributed by atoms with E-state index in [9.17, 15) is 0 Å². The summed E-state index contributed by atoms with van der Waals surface area (Å²) in [6, 6.07) is 4.05. The third-order valence-electron chi connectivity index (χ3n) is 1.63. The van der Waals surface area contributed by atoms with Crippen molar-refractivity contribution < 1.29 is 4.42 Å². The number of unbranched alkanes of at least 4 members (excludes halogenated alkanes) is 2. The SMILES string of the molecule is CCC[CH+]Cc1ccc(C)o1. The minimum atomic E-state index is 0.974. The van der Waals surface area contributed by atoms with Crippen LogP contribution in [-0.2, 0) is 6.42 Å². The summed E-state index contributed by atoms with van der Waals surface area (Å²) in [7, 11) is 0. The average molecular weight is 151 g/mol. The van der Waals surface area contributed by atoms with Crippen LogP contribution < -0.4 is 0 Å². The molecule has 0 aromatic carbocycles. The van der Waals surface area contributed by atoms with E-state index in [1.165, 1.54) is 12.8 Å². The van der Waals surface area contributed by atoms with E-state index in [1.54, 1.807) is 0 Å². The summed E-state index contributed by atoms with van der Waals surface area (Å²) in [5.41, 5.74) is 0. The van der Waals surface area contributed by atoms with Crippen LogP contribution in [0.2, 0.25) is 0 Å². The Bertz CT molecular complexity index is 200. The van der Waals surface area contributed by atoms with E-state index >= 15 is 0 Å². The summed E-state index contributed by atoms with van der Waals surface area (Å²) in [5, 5.41) is 0. The molecule has 0 bridgehead atoms. The molecule has 0 N–H and O–H groups in total. The van der Waals surface area contributed by atoms with Crippen LogP contribution in [0.5, 0.6) is 0 Å². The van der Waals surface area contributed by atoms with Crippen molar-refractivity contribution in [2.75, 3.05) is 0 Å². The average Bonchev–Trinajstić information content (AvgIpc) is 2.37. The lowest BCUT2D eigenvalue weighted by Crippen LogP contribution is -1.81. The number of hydrogen-bond acceptors (Lipinski definition) is 1. The maximum Gasteiger partial charge on any atom is 0.148 e. The van der Waals surface area contributed by atoms with Gasteiger partial charge in [-0.25, -0.2) is 0 Å². The van der Waals surface area contributed by atoms with E-state index in [0.29, 0.717) is 0 Å². The molecular formula is C10H15O+. The zero-order valence-corrected chi connectivity index (χ0v) is 7.26. The Morgan fingerprint density at radius 1 is 1.45 bits per heavy atom. The Morgan fingerprint density at radius 2 is 2.27 bits per heavy atom. The van der Waals surface area contributed by atoms with Crippen LogP contribution in [0.15, 0.2) is 16.5 Å². The van der Waals surface area contributed by atoms with Crippen molar-refractivity contribution in [3.05, 3.63) is 30.1 Å². The minimum absolute atomic E-state index is 0.974. The first kappa shape index (κ1) is 8.25. The van der Waals surface area contributed by atoms with Gasteiger partial charge >= 0.3 is 0 Å². The molecule has 0 radical (unpaired) electrons.